The van der Waals surface area contributed by atoms with Crippen molar-refractivity contribution in [1.29, 1.82) is 5.26 Å². The van der Waals surface area contributed by atoms with E-state index in [-0.39, 0.29) is 5.69 Å². The molecule has 1 heterocycles. The summed E-state index contributed by atoms with van der Waals surface area (Å²) in [5.41, 5.74) is 3.17. The molecule has 0 saturated heterocycles. The first-order chi connectivity index (χ1) is 9.08. The van der Waals surface area contributed by atoms with Gasteiger partial charge in [0.05, 0.1) is 18.4 Å². The number of hydrogen-bond donors (Lipinski definition) is 0. The number of aryl methyl sites for hydroxylation is 2. The van der Waals surface area contributed by atoms with E-state index < -0.39 is 5.97 Å². The highest BCUT2D eigenvalue weighted by Crippen LogP contribution is 2.26. The van der Waals surface area contributed by atoms with Gasteiger partial charge in [-0.2, -0.15) is 10.4 Å². The van der Waals surface area contributed by atoms with Gasteiger partial charge in [0.2, 0.25) is 0 Å². The Bertz CT molecular complexity index is 680. The van der Waals surface area contributed by atoms with Crippen LogP contribution in [0.25, 0.3) is 11.3 Å². The number of nitrogens with zero attached hydrogens (tertiary/aromatic N) is 3. The van der Waals surface area contributed by atoms with Crippen LogP contribution in [0.15, 0.2) is 24.3 Å². The molecule has 0 bridgehead atoms. The molecule has 0 unspecified atom stereocenters. The Morgan fingerprint density at radius 3 is 2.84 bits per heavy atom. The monoisotopic (exact) mass is 255 g/mol. The van der Waals surface area contributed by atoms with Crippen molar-refractivity contribution in [1.82, 2.24) is 9.78 Å². The molecule has 0 N–H and O–H groups in total. The Morgan fingerprint density at radius 1 is 1.47 bits per heavy atom. The minimum absolute atomic E-state index is 0.227. The third kappa shape index (κ3) is 2.20. The van der Waals surface area contributed by atoms with Gasteiger partial charge in [0.25, 0.3) is 0 Å². The summed E-state index contributed by atoms with van der Waals surface area (Å²) in [6.07, 6.45) is 0. The normalized spacial score (nSPS) is 10.0. The summed E-state index contributed by atoms with van der Waals surface area (Å²) in [6.45, 7) is 1.87. The van der Waals surface area contributed by atoms with Crippen molar-refractivity contribution in [3.8, 4) is 17.3 Å². The molecule has 0 aliphatic carbocycles. The SMILES string of the molecule is COC(=O)c1cc(-c2cccc(C)c2C#N)n(C)n1. The van der Waals surface area contributed by atoms with Crippen LogP contribution in [-0.2, 0) is 11.8 Å². The molecule has 0 fully saturated rings. The maximum atomic E-state index is 11.5. The topological polar surface area (TPSA) is 67.9 Å². The highest BCUT2D eigenvalue weighted by atomic mass is 16.5. The van der Waals surface area contributed by atoms with Crippen LogP contribution < -0.4 is 0 Å². The second-order valence-corrected chi connectivity index (χ2v) is 4.14. The van der Waals surface area contributed by atoms with Crippen LogP contribution in [0.5, 0.6) is 0 Å². The van der Waals surface area contributed by atoms with Gasteiger partial charge in [0.1, 0.15) is 6.07 Å². The Balaban J connectivity index is 2.61. The van der Waals surface area contributed by atoms with E-state index in [9.17, 15) is 10.1 Å². The molecule has 5 nitrogen and oxygen atoms in total. The number of nitriles is 1. The minimum Gasteiger partial charge on any atom is -0.464 e. The van der Waals surface area contributed by atoms with Crippen molar-refractivity contribution in [2.45, 2.75) is 6.92 Å². The van der Waals surface area contributed by atoms with Crippen molar-refractivity contribution < 1.29 is 9.53 Å². The van der Waals surface area contributed by atoms with Crippen LogP contribution in [0.2, 0.25) is 0 Å². The van der Waals surface area contributed by atoms with Gasteiger partial charge in [-0.25, -0.2) is 4.79 Å². The van der Waals surface area contributed by atoms with Crippen molar-refractivity contribution in [2.24, 2.45) is 7.05 Å². The van der Waals surface area contributed by atoms with E-state index >= 15 is 0 Å². The molecular weight excluding hydrogens is 242 g/mol. The number of ether oxygens (including phenoxy) is 1. The second kappa shape index (κ2) is 4.94. The molecule has 0 atom stereocenters. The molecule has 0 radical (unpaired) electrons. The molecule has 19 heavy (non-hydrogen) atoms. The van der Waals surface area contributed by atoms with E-state index in [2.05, 4.69) is 15.9 Å². The van der Waals surface area contributed by atoms with E-state index in [4.69, 9.17) is 0 Å². The van der Waals surface area contributed by atoms with E-state index in [1.165, 1.54) is 7.11 Å². The zero-order chi connectivity index (χ0) is 14.0. The number of carbonyl (C=O) groups excluding carboxylic acids is 1. The Labute approximate surface area is 111 Å². The number of methoxy groups -OCH3 is 1. The summed E-state index contributed by atoms with van der Waals surface area (Å²) in [5, 5.41) is 13.3. The fraction of sp³-hybridized carbons (Fsp3) is 0.214. The fourth-order valence-corrected chi connectivity index (χ4v) is 1.95. The first-order valence-corrected chi connectivity index (χ1v) is 5.71. The summed E-state index contributed by atoms with van der Waals surface area (Å²) >= 11 is 0. The van der Waals surface area contributed by atoms with Gasteiger partial charge in [-0.1, -0.05) is 18.2 Å². The summed E-state index contributed by atoms with van der Waals surface area (Å²) in [6, 6.07) is 9.39. The summed E-state index contributed by atoms with van der Waals surface area (Å²) in [4.78, 5) is 11.5. The lowest BCUT2D eigenvalue weighted by molar-refractivity contribution is 0.0593. The average Bonchev–Trinajstić information content (AvgIpc) is 2.79. The predicted octanol–water partition coefficient (Wildman–Crippen LogP) is 2.05. The standard InChI is InChI=1S/C14H13N3O2/c1-9-5-4-6-10(11(9)8-15)13-7-12(14(18)19-3)16-17(13)2/h4-7H,1-3H3. The fourth-order valence-electron chi connectivity index (χ4n) is 1.95. The van der Waals surface area contributed by atoms with Gasteiger partial charge >= 0.3 is 5.97 Å². The molecule has 0 aliphatic heterocycles. The van der Waals surface area contributed by atoms with Gasteiger partial charge in [-0.15, -0.1) is 0 Å². The van der Waals surface area contributed by atoms with Gasteiger partial charge in [-0.3, -0.25) is 4.68 Å². The number of benzene rings is 1. The smallest absolute Gasteiger partial charge is 0.358 e. The van der Waals surface area contributed by atoms with Gasteiger partial charge < -0.3 is 4.74 Å². The Morgan fingerprint density at radius 2 is 2.21 bits per heavy atom. The predicted molar refractivity (Wildman–Crippen MR) is 69.4 cm³/mol. The Kier molecular flexibility index (Phi) is 3.34. The molecular formula is C14H13N3O2. The third-order valence-electron chi connectivity index (χ3n) is 2.93. The first-order valence-electron chi connectivity index (χ1n) is 5.71. The summed E-state index contributed by atoms with van der Waals surface area (Å²) in [5.74, 6) is -0.493. The lowest BCUT2D eigenvalue weighted by Crippen LogP contribution is -2.03. The lowest BCUT2D eigenvalue weighted by Gasteiger charge is -2.06. The van der Waals surface area contributed by atoms with Crippen molar-refractivity contribution in [2.75, 3.05) is 7.11 Å². The number of hydrogen-bond acceptors (Lipinski definition) is 4. The lowest BCUT2D eigenvalue weighted by atomic mass is 10.0. The van der Waals surface area contributed by atoms with Crippen molar-refractivity contribution >= 4 is 5.97 Å². The molecule has 0 amide bonds. The largest absolute Gasteiger partial charge is 0.464 e. The number of rotatable bonds is 2. The number of aromatic nitrogens is 2. The maximum absolute atomic E-state index is 11.5. The molecule has 0 saturated carbocycles. The van der Waals surface area contributed by atoms with E-state index in [0.717, 1.165) is 11.1 Å². The molecule has 2 rings (SSSR count). The van der Waals surface area contributed by atoms with Crippen LogP contribution >= 0.6 is 0 Å². The molecule has 1 aromatic heterocycles. The van der Waals surface area contributed by atoms with Gasteiger partial charge in [0, 0.05) is 12.6 Å². The highest BCUT2D eigenvalue weighted by Gasteiger charge is 2.16. The number of carbonyl (C=O) groups is 1. The van der Waals surface area contributed by atoms with Crippen molar-refractivity contribution in [3.05, 3.63) is 41.1 Å². The molecule has 0 aliphatic rings. The van der Waals surface area contributed by atoms with Crippen LogP contribution in [0.3, 0.4) is 0 Å². The molecule has 2 aromatic rings. The van der Waals surface area contributed by atoms with E-state index in [0.29, 0.717) is 11.3 Å². The van der Waals surface area contributed by atoms with Crippen LogP contribution in [0, 0.1) is 18.3 Å². The van der Waals surface area contributed by atoms with E-state index in [1.54, 1.807) is 17.8 Å². The van der Waals surface area contributed by atoms with Gasteiger partial charge in [-0.05, 0) is 18.6 Å². The average molecular weight is 255 g/mol. The second-order valence-electron chi connectivity index (χ2n) is 4.14. The van der Waals surface area contributed by atoms with Crippen molar-refractivity contribution in [3.63, 3.8) is 0 Å². The highest BCUT2D eigenvalue weighted by molar-refractivity contribution is 5.89. The Hall–Kier alpha value is -2.61. The molecule has 0 spiro atoms. The van der Waals surface area contributed by atoms with Crippen LogP contribution in [0.1, 0.15) is 21.6 Å². The quantitative estimate of drug-likeness (QED) is 0.770. The summed E-state index contributed by atoms with van der Waals surface area (Å²) in [7, 11) is 3.04. The van der Waals surface area contributed by atoms with Crippen LogP contribution in [-0.4, -0.2) is 22.9 Å². The first kappa shape index (κ1) is 12.8. The zero-order valence-electron chi connectivity index (χ0n) is 11.0. The molecule has 1 aromatic carbocycles. The summed E-state index contributed by atoms with van der Waals surface area (Å²) < 4.78 is 6.21. The zero-order valence-corrected chi connectivity index (χ0v) is 11.0. The van der Waals surface area contributed by atoms with Crippen LogP contribution in [0.4, 0.5) is 0 Å². The molecule has 5 heteroatoms. The maximum Gasteiger partial charge on any atom is 0.358 e. The molecule has 96 valence electrons. The third-order valence-corrected chi connectivity index (χ3v) is 2.93. The number of esters is 1. The van der Waals surface area contributed by atoms with Gasteiger partial charge in [0.15, 0.2) is 5.69 Å². The minimum atomic E-state index is -0.493. The van der Waals surface area contributed by atoms with E-state index in [1.807, 2.05) is 25.1 Å².